The molecule has 2 aromatic rings. The Bertz CT molecular complexity index is 586. The highest BCUT2D eigenvalue weighted by Gasteiger charge is 2.13. The third-order valence-corrected chi connectivity index (χ3v) is 2.91. The van der Waals surface area contributed by atoms with Crippen LogP contribution in [0.25, 0.3) is 10.9 Å². The van der Waals surface area contributed by atoms with Crippen LogP contribution >= 0.6 is 0 Å². The Labute approximate surface area is 106 Å². The van der Waals surface area contributed by atoms with Gasteiger partial charge in [0.1, 0.15) is 5.78 Å². The van der Waals surface area contributed by atoms with Gasteiger partial charge in [0.25, 0.3) is 0 Å². The van der Waals surface area contributed by atoms with Gasteiger partial charge in [0, 0.05) is 30.7 Å². The summed E-state index contributed by atoms with van der Waals surface area (Å²) in [6.45, 7) is 1.94. The molecule has 94 valence electrons. The first-order valence-corrected chi connectivity index (χ1v) is 5.86. The molecule has 0 aliphatic rings. The smallest absolute Gasteiger partial charge is 0.230 e. The van der Waals surface area contributed by atoms with E-state index in [1.165, 1.54) is 6.92 Å². The van der Waals surface area contributed by atoms with Crippen LogP contribution in [-0.4, -0.2) is 28.6 Å². The first kappa shape index (κ1) is 12.4. The highest BCUT2D eigenvalue weighted by molar-refractivity contribution is 5.96. The minimum Gasteiger partial charge on any atom is -0.361 e. The summed E-state index contributed by atoms with van der Waals surface area (Å²) < 4.78 is 0. The number of amides is 1. The van der Waals surface area contributed by atoms with Crippen LogP contribution in [0.3, 0.4) is 0 Å². The zero-order valence-electron chi connectivity index (χ0n) is 10.6. The second kappa shape index (κ2) is 5.04. The van der Waals surface area contributed by atoms with Crippen LogP contribution in [0.5, 0.6) is 0 Å². The second-order valence-electron chi connectivity index (χ2n) is 4.49. The fraction of sp³-hybridized carbons (Fsp3) is 0.286. The van der Waals surface area contributed by atoms with Gasteiger partial charge in [0.15, 0.2) is 0 Å². The van der Waals surface area contributed by atoms with Gasteiger partial charge in [-0.15, -0.1) is 0 Å². The number of nitrogens with zero attached hydrogens (tertiary/aromatic N) is 1. The number of nitrogens with one attached hydrogen (secondary N) is 1. The highest BCUT2D eigenvalue weighted by Crippen LogP contribution is 2.19. The number of hydrogen-bond acceptors (Lipinski definition) is 2. The Balaban J connectivity index is 2.14. The Hall–Kier alpha value is -2.10. The van der Waals surface area contributed by atoms with Gasteiger partial charge in [0.05, 0.1) is 6.42 Å². The average Bonchev–Trinajstić information content (AvgIpc) is 2.72. The molecule has 0 aliphatic heterocycles. The summed E-state index contributed by atoms with van der Waals surface area (Å²) in [5, 5.41) is 1.11. The number of ketones is 1. The SMILES string of the molecule is CC(=O)CC(=O)N(C)Cc1c[nH]c2ccccc12. The number of hydrogen-bond donors (Lipinski definition) is 1. The van der Waals surface area contributed by atoms with Crippen LogP contribution in [0.4, 0.5) is 0 Å². The van der Waals surface area contributed by atoms with Gasteiger partial charge in [-0.2, -0.15) is 0 Å². The van der Waals surface area contributed by atoms with Gasteiger partial charge in [-0.3, -0.25) is 9.59 Å². The number of H-pyrrole nitrogens is 1. The maximum absolute atomic E-state index is 11.7. The normalized spacial score (nSPS) is 10.6. The van der Waals surface area contributed by atoms with E-state index in [-0.39, 0.29) is 18.1 Å². The molecule has 1 amide bonds. The quantitative estimate of drug-likeness (QED) is 0.837. The minimum atomic E-state index is -0.146. The molecule has 0 saturated carbocycles. The molecule has 0 fully saturated rings. The van der Waals surface area contributed by atoms with Gasteiger partial charge in [-0.25, -0.2) is 0 Å². The number of carbonyl (C=O) groups is 2. The van der Waals surface area contributed by atoms with E-state index >= 15 is 0 Å². The number of rotatable bonds is 4. The molecule has 4 heteroatoms. The third kappa shape index (κ3) is 2.59. The van der Waals surface area contributed by atoms with Crippen molar-refractivity contribution in [1.82, 2.24) is 9.88 Å². The summed E-state index contributed by atoms with van der Waals surface area (Å²) in [6.07, 6.45) is 1.88. The highest BCUT2D eigenvalue weighted by atomic mass is 16.2. The zero-order chi connectivity index (χ0) is 13.1. The van der Waals surface area contributed by atoms with Crippen molar-refractivity contribution < 1.29 is 9.59 Å². The topological polar surface area (TPSA) is 53.2 Å². The van der Waals surface area contributed by atoms with Crippen molar-refractivity contribution in [3.63, 3.8) is 0 Å². The first-order chi connectivity index (χ1) is 8.58. The number of carbonyl (C=O) groups excluding carboxylic acids is 2. The lowest BCUT2D eigenvalue weighted by molar-refractivity contribution is -0.134. The molecule has 0 aliphatic carbocycles. The van der Waals surface area contributed by atoms with E-state index in [2.05, 4.69) is 4.98 Å². The molecule has 0 unspecified atom stereocenters. The molecular weight excluding hydrogens is 228 g/mol. The number of benzene rings is 1. The molecule has 0 saturated heterocycles. The maximum Gasteiger partial charge on any atom is 0.230 e. The van der Waals surface area contributed by atoms with Crippen molar-refractivity contribution >= 4 is 22.6 Å². The monoisotopic (exact) mass is 244 g/mol. The van der Waals surface area contributed by atoms with Crippen LogP contribution < -0.4 is 0 Å². The fourth-order valence-electron chi connectivity index (χ4n) is 1.95. The van der Waals surface area contributed by atoms with Crippen LogP contribution in [0.15, 0.2) is 30.5 Å². The van der Waals surface area contributed by atoms with Gasteiger partial charge in [0.2, 0.25) is 5.91 Å². The molecule has 0 atom stereocenters. The predicted molar refractivity (Wildman–Crippen MR) is 70.1 cm³/mol. The number of aromatic amines is 1. The number of aromatic nitrogens is 1. The fourth-order valence-corrected chi connectivity index (χ4v) is 1.95. The van der Waals surface area contributed by atoms with Crippen molar-refractivity contribution in [2.24, 2.45) is 0 Å². The largest absolute Gasteiger partial charge is 0.361 e. The molecule has 1 aromatic heterocycles. The molecule has 4 nitrogen and oxygen atoms in total. The van der Waals surface area contributed by atoms with Gasteiger partial charge < -0.3 is 9.88 Å². The maximum atomic E-state index is 11.7. The van der Waals surface area contributed by atoms with Crippen molar-refractivity contribution in [2.75, 3.05) is 7.05 Å². The standard InChI is InChI=1S/C14H16N2O2/c1-10(17)7-14(18)16(2)9-11-8-15-13-6-4-3-5-12(11)13/h3-6,8,15H,7,9H2,1-2H3. The van der Waals surface area contributed by atoms with E-state index in [4.69, 9.17) is 0 Å². The summed E-state index contributed by atoms with van der Waals surface area (Å²) in [5.74, 6) is -0.251. The Morgan fingerprint density at radius 1 is 1.28 bits per heavy atom. The van der Waals surface area contributed by atoms with Crippen LogP contribution in [-0.2, 0) is 16.1 Å². The summed E-state index contributed by atoms with van der Waals surface area (Å²) in [4.78, 5) is 27.4. The number of para-hydroxylation sites is 1. The molecule has 18 heavy (non-hydrogen) atoms. The molecule has 1 aromatic carbocycles. The lowest BCUT2D eigenvalue weighted by Gasteiger charge is -2.15. The summed E-state index contributed by atoms with van der Waals surface area (Å²) >= 11 is 0. The van der Waals surface area contributed by atoms with Crippen LogP contribution in [0, 0.1) is 0 Å². The summed E-state index contributed by atoms with van der Waals surface area (Å²) in [5.41, 5.74) is 2.12. The number of Topliss-reactive ketones (excluding diaryl/α,β-unsaturated/α-hetero) is 1. The van der Waals surface area contributed by atoms with E-state index in [1.807, 2.05) is 30.5 Å². The van der Waals surface area contributed by atoms with Crippen LogP contribution in [0.2, 0.25) is 0 Å². The minimum absolute atomic E-state index is 0.0289. The average molecular weight is 244 g/mol. The van der Waals surface area contributed by atoms with Crippen molar-refractivity contribution in [2.45, 2.75) is 19.9 Å². The van der Waals surface area contributed by atoms with E-state index in [0.29, 0.717) is 6.54 Å². The van der Waals surface area contributed by atoms with Gasteiger partial charge >= 0.3 is 0 Å². The molecule has 1 N–H and O–H groups in total. The van der Waals surface area contributed by atoms with E-state index in [1.54, 1.807) is 11.9 Å². The van der Waals surface area contributed by atoms with Gasteiger partial charge in [-0.05, 0) is 18.6 Å². The molecule has 1 heterocycles. The van der Waals surface area contributed by atoms with E-state index < -0.39 is 0 Å². The molecule has 0 bridgehead atoms. The molecule has 0 radical (unpaired) electrons. The van der Waals surface area contributed by atoms with Crippen LogP contribution in [0.1, 0.15) is 18.9 Å². The van der Waals surface area contributed by atoms with Crippen molar-refractivity contribution in [3.05, 3.63) is 36.0 Å². The summed E-state index contributed by atoms with van der Waals surface area (Å²) in [7, 11) is 1.72. The Kier molecular flexibility index (Phi) is 3.46. The Morgan fingerprint density at radius 3 is 2.72 bits per heavy atom. The molecule has 0 spiro atoms. The third-order valence-electron chi connectivity index (χ3n) is 2.91. The first-order valence-electron chi connectivity index (χ1n) is 5.86. The number of fused-ring (bicyclic) bond motifs is 1. The lowest BCUT2D eigenvalue weighted by Crippen LogP contribution is -2.27. The Morgan fingerprint density at radius 2 is 2.00 bits per heavy atom. The van der Waals surface area contributed by atoms with Crippen molar-refractivity contribution in [1.29, 1.82) is 0 Å². The zero-order valence-corrected chi connectivity index (χ0v) is 10.6. The second-order valence-corrected chi connectivity index (χ2v) is 4.49. The predicted octanol–water partition coefficient (Wildman–Crippen LogP) is 2.11. The van der Waals surface area contributed by atoms with Gasteiger partial charge in [-0.1, -0.05) is 18.2 Å². The lowest BCUT2D eigenvalue weighted by atomic mass is 10.1. The van der Waals surface area contributed by atoms with Crippen molar-refractivity contribution in [3.8, 4) is 0 Å². The molecular formula is C14H16N2O2. The van der Waals surface area contributed by atoms with E-state index in [9.17, 15) is 9.59 Å². The van der Waals surface area contributed by atoms with E-state index in [0.717, 1.165) is 16.5 Å². The molecule has 2 rings (SSSR count). The summed E-state index contributed by atoms with van der Waals surface area (Å²) in [6, 6.07) is 7.95.